The SMILES string of the molecule is COC(C(O)c1cccc(C)c1)C(C)(C)C. The van der Waals surface area contributed by atoms with Crippen molar-refractivity contribution in [3.05, 3.63) is 35.4 Å². The van der Waals surface area contributed by atoms with Gasteiger partial charge in [0.15, 0.2) is 0 Å². The van der Waals surface area contributed by atoms with Crippen LogP contribution in [0.4, 0.5) is 0 Å². The fraction of sp³-hybridized carbons (Fsp3) is 0.571. The van der Waals surface area contributed by atoms with E-state index in [0.29, 0.717) is 0 Å². The first-order chi connectivity index (χ1) is 7.36. The van der Waals surface area contributed by atoms with Crippen molar-refractivity contribution in [2.45, 2.75) is 39.9 Å². The number of hydrogen-bond acceptors (Lipinski definition) is 2. The van der Waals surface area contributed by atoms with Crippen LogP contribution in [0.1, 0.15) is 38.0 Å². The Morgan fingerprint density at radius 2 is 1.88 bits per heavy atom. The molecule has 0 aliphatic carbocycles. The Morgan fingerprint density at radius 3 is 2.31 bits per heavy atom. The van der Waals surface area contributed by atoms with Gasteiger partial charge in [0, 0.05) is 7.11 Å². The Kier molecular flexibility index (Phi) is 4.11. The number of benzene rings is 1. The number of rotatable bonds is 3. The molecule has 0 aliphatic heterocycles. The van der Waals surface area contributed by atoms with Gasteiger partial charge in [-0.15, -0.1) is 0 Å². The Bertz CT molecular complexity index is 339. The first kappa shape index (κ1) is 13.2. The third-order valence-electron chi connectivity index (χ3n) is 2.78. The van der Waals surface area contributed by atoms with Crippen LogP contribution < -0.4 is 0 Å². The Morgan fingerprint density at radius 1 is 1.25 bits per heavy atom. The number of ether oxygens (including phenoxy) is 1. The number of aliphatic hydroxyl groups excluding tert-OH is 1. The summed E-state index contributed by atoms with van der Waals surface area (Å²) in [6, 6.07) is 7.93. The van der Waals surface area contributed by atoms with Crippen LogP contribution in [-0.2, 0) is 4.74 Å². The smallest absolute Gasteiger partial charge is 0.106 e. The minimum absolute atomic E-state index is 0.0854. The summed E-state index contributed by atoms with van der Waals surface area (Å²) in [5.41, 5.74) is 1.99. The molecule has 90 valence electrons. The van der Waals surface area contributed by atoms with E-state index in [0.717, 1.165) is 11.1 Å². The summed E-state index contributed by atoms with van der Waals surface area (Å²) in [6.45, 7) is 8.23. The molecule has 0 saturated heterocycles. The Labute approximate surface area is 98.3 Å². The molecule has 0 aliphatic rings. The quantitative estimate of drug-likeness (QED) is 0.851. The van der Waals surface area contributed by atoms with E-state index in [-0.39, 0.29) is 11.5 Å². The second-order valence-corrected chi connectivity index (χ2v) is 5.38. The molecule has 2 unspecified atom stereocenters. The average Bonchev–Trinajstić information content (AvgIpc) is 2.16. The van der Waals surface area contributed by atoms with Crippen molar-refractivity contribution >= 4 is 0 Å². The van der Waals surface area contributed by atoms with E-state index in [1.54, 1.807) is 7.11 Å². The lowest BCUT2D eigenvalue weighted by molar-refractivity contribution is -0.0724. The van der Waals surface area contributed by atoms with Crippen molar-refractivity contribution in [1.29, 1.82) is 0 Å². The molecular weight excluding hydrogens is 200 g/mol. The van der Waals surface area contributed by atoms with Crippen LogP contribution in [0, 0.1) is 12.3 Å². The first-order valence-electron chi connectivity index (χ1n) is 5.63. The molecule has 16 heavy (non-hydrogen) atoms. The highest BCUT2D eigenvalue weighted by Crippen LogP contribution is 2.32. The van der Waals surface area contributed by atoms with Gasteiger partial charge in [0.2, 0.25) is 0 Å². The number of methoxy groups -OCH3 is 1. The van der Waals surface area contributed by atoms with E-state index in [4.69, 9.17) is 4.74 Å². The molecule has 1 aromatic carbocycles. The lowest BCUT2D eigenvalue weighted by atomic mass is 9.83. The standard InChI is InChI=1S/C14H22O2/c1-10-7-6-8-11(9-10)12(15)13(16-5)14(2,3)4/h6-9,12-13,15H,1-5H3. The van der Waals surface area contributed by atoms with E-state index in [2.05, 4.69) is 20.8 Å². The summed E-state index contributed by atoms with van der Waals surface area (Å²) >= 11 is 0. The number of aliphatic hydroxyl groups is 1. The fourth-order valence-corrected chi connectivity index (χ4v) is 1.98. The molecule has 0 fully saturated rings. The van der Waals surface area contributed by atoms with Crippen molar-refractivity contribution in [3.8, 4) is 0 Å². The summed E-state index contributed by atoms with van der Waals surface area (Å²) in [7, 11) is 1.65. The largest absolute Gasteiger partial charge is 0.386 e. The fourth-order valence-electron chi connectivity index (χ4n) is 1.98. The van der Waals surface area contributed by atoms with Gasteiger partial charge in [-0.1, -0.05) is 50.6 Å². The van der Waals surface area contributed by atoms with Crippen LogP contribution in [-0.4, -0.2) is 18.3 Å². The molecule has 0 spiro atoms. The van der Waals surface area contributed by atoms with Crippen LogP contribution in [0.5, 0.6) is 0 Å². The van der Waals surface area contributed by atoms with Gasteiger partial charge in [0.05, 0.1) is 6.10 Å². The summed E-state index contributed by atoms with van der Waals surface area (Å²) in [4.78, 5) is 0. The van der Waals surface area contributed by atoms with Gasteiger partial charge in [-0.3, -0.25) is 0 Å². The molecule has 2 heteroatoms. The molecule has 0 heterocycles. The van der Waals surface area contributed by atoms with Gasteiger partial charge in [-0.2, -0.15) is 0 Å². The van der Waals surface area contributed by atoms with Gasteiger partial charge < -0.3 is 9.84 Å². The van der Waals surface area contributed by atoms with E-state index in [1.165, 1.54) is 0 Å². The molecule has 1 aromatic rings. The summed E-state index contributed by atoms with van der Waals surface area (Å²) < 4.78 is 5.42. The highest BCUT2D eigenvalue weighted by molar-refractivity contribution is 5.25. The van der Waals surface area contributed by atoms with Crippen molar-refractivity contribution in [2.24, 2.45) is 5.41 Å². The summed E-state index contributed by atoms with van der Waals surface area (Å²) in [5.74, 6) is 0. The van der Waals surface area contributed by atoms with Crippen molar-refractivity contribution in [1.82, 2.24) is 0 Å². The van der Waals surface area contributed by atoms with Gasteiger partial charge in [0.1, 0.15) is 6.10 Å². The lowest BCUT2D eigenvalue weighted by Crippen LogP contribution is -2.34. The van der Waals surface area contributed by atoms with E-state index < -0.39 is 6.10 Å². The zero-order chi connectivity index (χ0) is 12.3. The van der Waals surface area contributed by atoms with Crippen LogP contribution in [0.25, 0.3) is 0 Å². The maximum Gasteiger partial charge on any atom is 0.106 e. The molecule has 0 amide bonds. The monoisotopic (exact) mass is 222 g/mol. The third-order valence-corrected chi connectivity index (χ3v) is 2.78. The van der Waals surface area contributed by atoms with E-state index in [1.807, 2.05) is 31.2 Å². The highest BCUT2D eigenvalue weighted by atomic mass is 16.5. The minimum atomic E-state index is -0.579. The summed E-state index contributed by atoms with van der Waals surface area (Å²) in [5, 5.41) is 10.3. The average molecular weight is 222 g/mol. The van der Waals surface area contributed by atoms with Gasteiger partial charge in [-0.05, 0) is 17.9 Å². The van der Waals surface area contributed by atoms with Gasteiger partial charge in [0.25, 0.3) is 0 Å². The second kappa shape index (κ2) is 4.98. The molecule has 1 rings (SSSR count). The third kappa shape index (κ3) is 3.06. The maximum atomic E-state index is 10.3. The van der Waals surface area contributed by atoms with Crippen LogP contribution >= 0.6 is 0 Å². The van der Waals surface area contributed by atoms with E-state index >= 15 is 0 Å². The van der Waals surface area contributed by atoms with Crippen LogP contribution in [0.15, 0.2) is 24.3 Å². The van der Waals surface area contributed by atoms with Crippen molar-refractivity contribution in [3.63, 3.8) is 0 Å². The Balaban J connectivity index is 2.96. The van der Waals surface area contributed by atoms with Gasteiger partial charge >= 0.3 is 0 Å². The van der Waals surface area contributed by atoms with Crippen molar-refractivity contribution in [2.75, 3.05) is 7.11 Å². The molecule has 0 aromatic heterocycles. The highest BCUT2D eigenvalue weighted by Gasteiger charge is 2.32. The topological polar surface area (TPSA) is 29.5 Å². The van der Waals surface area contributed by atoms with E-state index in [9.17, 15) is 5.11 Å². The number of hydrogen-bond donors (Lipinski definition) is 1. The van der Waals surface area contributed by atoms with Crippen LogP contribution in [0.3, 0.4) is 0 Å². The minimum Gasteiger partial charge on any atom is -0.386 e. The lowest BCUT2D eigenvalue weighted by Gasteiger charge is -2.33. The molecule has 2 atom stereocenters. The predicted molar refractivity (Wildman–Crippen MR) is 66.4 cm³/mol. The predicted octanol–water partition coefficient (Wildman–Crippen LogP) is 3.09. The van der Waals surface area contributed by atoms with Crippen LogP contribution in [0.2, 0.25) is 0 Å². The molecule has 0 saturated carbocycles. The first-order valence-corrected chi connectivity index (χ1v) is 5.63. The molecule has 2 nitrogen and oxygen atoms in total. The zero-order valence-corrected chi connectivity index (χ0v) is 10.8. The maximum absolute atomic E-state index is 10.3. The molecule has 0 bridgehead atoms. The normalized spacial score (nSPS) is 15.9. The molecule has 0 radical (unpaired) electrons. The zero-order valence-electron chi connectivity index (χ0n) is 10.8. The second-order valence-electron chi connectivity index (χ2n) is 5.38. The summed E-state index contributed by atoms with van der Waals surface area (Å²) in [6.07, 6.45) is -0.779. The molecular formula is C14H22O2. The Hall–Kier alpha value is -0.860. The van der Waals surface area contributed by atoms with Gasteiger partial charge in [-0.25, -0.2) is 0 Å². The number of aryl methyl sites for hydroxylation is 1. The molecule has 1 N–H and O–H groups in total. The van der Waals surface area contributed by atoms with Crippen molar-refractivity contribution < 1.29 is 9.84 Å².